The number of aryl methyl sites for hydroxylation is 2. The molecule has 0 aromatic heterocycles. The van der Waals surface area contributed by atoms with E-state index in [1.54, 1.807) is 7.11 Å². The van der Waals surface area contributed by atoms with Crippen molar-refractivity contribution in [3.63, 3.8) is 0 Å². The smallest absolute Gasteiger partial charge is 0.122 e. The van der Waals surface area contributed by atoms with E-state index >= 15 is 0 Å². The number of thioether (sulfide) groups is 2. The van der Waals surface area contributed by atoms with Crippen molar-refractivity contribution < 1.29 is 9.84 Å². The molecule has 1 aromatic carbocycles. The first-order valence-corrected chi connectivity index (χ1v) is 9.03. The largest absolute Gasteiger partial charge is 0.496 e. The quantitative estimate of drug-likeness (QED) is 0.914. The van der Waals surface area contributed by atoms with Crippen LogP contribution in [0.3, 0.4) is 0 Å². The van der Waals surface area contributed by atoms with Gasteiger partial charge in [-0.1, -0.05) is 13.8 Å². The monoisotopic (exact) mass is 312 g/mol. The summed E-state index contributed by atoms with van der Waals surface area (Å²) in [5.74, 6) is 1.91. The van der Waals surface area contributed by atoms with Gasteiger partial charge in [0.2, 0.25) is 0 Å². The highest BCUT2D eigenvalue weighted by Gasteiger charge is 2.31. The number of hydrogen-bond donors (Lipinski definition) is 1. The van der Waals surface area contributed by atoms with Gasteiger partial charge in [-0.2, -0.15) is 23.5 Å². The summed E-state index contributed by atoms with van der Waals surface area (Å²) in [6.07, 6.45) is -0.396. The van der Waals surface area contributed by atoms with Gasteiger partial charge in [0.25, 0.3) is 0 Å². The number of aliphatic hydroxyl groups is 1. The predicted octanol–water partition coefficient (Wildman–Crippen LogP) is 3.97. The molecule has 1 saturated heterocycles. The van der Waals surface area contributed by atoms with Crippen LogP contribution in [0.25, 0.3) is 0 Å². The van der Waals surface area contributed by atoms with E-state index in [-0.39, 0.29) is 5.25 Å². The molecule has 1 fully saturated rings. The van der Waals surface area contributed by atoms with Gasteiger partial charge in [-0.25, -0.2) is 0 Å². The molecule has 0 amide bonds. The van der Waals surface area contributed by atoms with Gasteiger partial charge < -0.3 is 9.84 Å². The Morgan fingerprint density at radius 1 is 1.20 bits per heavy atom. The highest BCUT2D eigenvalue weighted by Crippen LogP contribution is 2.42. The highest BCUT2D eigenvalue weighted by molar-refractivity contribution is 8.07. The molecule has 0 aliphatic carbocycles. The summed E-state index contributed by atoms with van der Waals surface area (Å²) in [5, 5.41) is 12.3. The van der Waals surface area contributed by atoms with Crippen LogP contribution in [0, 0.1) is 13.8 Å². The first-order valence-electron chi connectivity index (χ1n) is 7.04. The Kier molecular flexibility index (Phi) is 5.32. The zero-order valence-corrected chi connectivity index (χ0v) is 14.5. The summed E-state index contributed by atoms with van der Waals surface area (Å²) in [6.45, 7) is 8.61. The maximum absolute atomic E-state index is 10.7. The number of benzene rings is 1. The zero-order chi connectivity index (χ0) is 14.9. The van der Waals surface area contributed by atoms with Crippen LogP contribution >= 0.6 is 23.5 Å². The van der Waals surface area contributed by atoms with Crippen LogP contribution in [0.4, 0.5) is 0 Å². The molecule has 4 heteroatoms. The number of rotatable bonds is 3. The van der Waals surface area contributed by atoms with Crippen molar-refractivity contribution in [2.45, 2.75) is 49.5 Å². The third-order valence-electron chi connectivity index (χ3n) is 4.03. The summed E-state index contributed by atoms with van der Waals surface area (Å²) in [5.41, 5.74) is 3.24. The maximum atomic E-state index is 10.7. The molecular weight excluding hydrogens is 288 g/mol. The predicted molar refractivity (Wildman–Crippen MR) is 90.2 cm³/mol. The van der Waals surface area contributed by atoms with E-state index in [0.717, 1.165) is 28.2 Å². The fourth-order valence-electron chi connectivity index (χ4n) is 2.52. The van der Waals surface area contributed by atoms with Crippen molar-refractivity contribution in [2.75, 3.05) is 12.9 Å². The van der Waals surface area contributed by atoms with Crippen LogP contribution in [0.1, 0.15) is 36.6 Å². The van der Waals surface area contributed by atoms with Crippen molar-refractivity contribution in [1.82, 2.24) is 0 Å². The molecule has 112 valence electrons. The fraction of sp³-hybridized carbons (Fsp3) is 0.625. The topological polar surface area (TPSA) is 29.5 Å². The van der Waals surface area contributed by atoms with Crippen LogP contribution in [0.5, 0.6) is 5.75 Å². The van der Waals surface area contributed by atoms with Gasteiger partial charge in [-0.3, -0.25) is 0 Å². The Hall–Kier alpha value is -0.320. The second-order valence-corrected chi connectivity index (χ2v) is 8.57. The molecule has 0 saturated carbocycles. The molecule has 0 spiro atoms. The normalized spacial score (nSPS) is 28.2. The van der Waals surface area contributed by atoms with Crippen LogP contribution in [0.15, 0.2) is 12.1 Å². The first-order chi connectivity index (χ1) is 9.43. The highest BCUT2D eigenvalue weighted by atomic mass is 32.2. The van der Waals surface area contributed by atoms with E-state index in [9.17, 15) is 5.11 Å². The SMILES string of the molecule is COc1cc(C)c(C(O)C2CSC(C)C(C)S2)cc1C. The van der Waals surface area contributed by atoms with E-state index in [1.807, 2.05) is 43.4 Å². The van der Waals surface area contributed by atoms with E-state index in [4.69, 9.17) is 4.74 Å². The van der Waals surface area contributed by atoms with Gasteiger partial charge >= 0.3 is 0 Å². The molecule has 1 aliphatic heterocycles. The minimum atomic E-state index is -0.396. The van der Waals surface area contributed by atoms with Crippen molar-refractivity contribution in [2.24, 2.45) is 0 Å². The molecule has 1 heterocycles. The van der Waals surface area contributed by atoms with Crippen molar-refractivity contribution in [1.29, 1.82) is 0 Å². The Morgan fingerprint density at radius 3 is 2.50 bits per heavy atom. The van der Waals surface area contributed by atoms with Gasteiger partial charge in [0.1, 0.15) is 5.75 Å². The van der Waals surface area contributed by atoms with Crippen molar-refractivity contribution >= 4 is 23.5 Å². The van der Waals surface area contributed by atoms with Crippen molar-refractivity contribution in [3.05, 3.63) is 28.8 Å². The number of ether oxygens (including phenoxy) is 1. The van der Waals surface area contributed by atoms with Gasteiger partial charge in [0.15, 0.2) is 0 Å². The Labute approximate surface area is 130 Å². The molecule has 4 atom stereocenters. The van der Waals surface area contributed by atoms with Gasteiger partial charge in [-0.15, -0.1) is 0 Å². The molecule has 0 bridgehead atoms. The van der Waals surface area contributed by atoms with E-state index < -0.39 is 6.10 Å². The van der Waals surface area contributed by atoms with E-state index in [2.05, 4.69) is 19.9 Å². The third-order valence-corrected chi connectivity index (χ3v) is 7.51. The van der Waals surface area contributed by atoms with Gasteiger partial charge in [0.05, 0.1) is 13.2 Å². The summed E-state index contributed by atoms with van der Waals surface area (Å²) in [7, 11) is 1.69. The summed E-state index contributed by atoms with van der Waals surface area (Å²) >= 11 is 3.89. The Morgan fingerprint density at radius 2 is 1.90 bits per heavy atom. The van der Waals surface area contributed by atoms with Crippen LogP contribution in [0.2, 0.25) is 0 Å². The fourth-order valence-corrected chi connectivity index (χ4v) is 5.52. The lowest BCUT2D eigenvalue weighted by Crippen LogP contribution is -2.30. The summed E-state index contributed by atoms with van der Waals surface area (Å²) in [6, 6.07) is 4.10. The second kappa shape index (κ2) is 6.63. The zero-order valence-electron chi connectivity index (χ0n) is 12.8. The second-order valence-electron chi connectivity index (χ2n) is 5.54. The van der Waals surface area contributed by atoms with Gasteiger partial charge in [0, 0.05) is 21.5 Å². The van der Waals surface area contributed by atoms with Crippen LogP contribution in [-0.4, -0.2) is 33.7 Å². The average molecular weight is 313 g/mol. The number of aliphatic hydroxyl groups excluding tert-OH is 1. The summed E-state index contributed by atoms with van der Waals surface area (Å²) < 4.78 is 5.35. The lowest BCUT2D eigenvalue weighted by atomic mass is 9.98. The van der Waals surface area contributed by atoms with Gasteiger partial charge in [-0.05, 0) is 42.7 Å². The molecule has 2 rings (SSSR count). The Bertz CT molecular complexity index is 476. The van der Waals surface area contributed by atoms with Crippen LogP contribution in [-0.2, 0) is 0 Å². The molecule has 1 aliphatic rings. The average Bonchev–Trinajstić information content (AvgIpc) is 2.43. The van der Waals surface area contributed by atoms with Crippen molar-refractivity contribution in [3.8, 4) is 5.75 Å². The summed E-state index contributed by atoms with van der Waals surface area (Å²) in [4.78, 5) is 0. The molecule has 1 N–H and O–H groups in total. The number of hydrogen-bond acceptors (Lipinski definition) is 4. The van der Waals surface area contributed by atoms with E-state index in [0.29, 0.717) is 10.5 Å². The molecular formula is C16H24O2S2. The molecule has 4 unspecified atom stereocenters. The number of methoxy groups -OCH3 is 1. The standard InChI is InChI=1S/C16H24O2S2/c1-9-7-14(18-5)10(2)6-13(9)16(17)15-8-19-11(3)12(4)20-15/h6-7,11-12,15-17H,8H2,1-5H3. The third kappa shape index (κ3) is 3.29. The first kappa shape index (κ1) is 16.1. The molecule has 1 aromatic rings. The lowest BCUT2D eigenvalue weighted by Gasteiger charge is -2.34. The van der Waals surface area contributed by atoms with E-state index in [1.165, 1.54) is 0 Å². The molecule has 20 heavy (non-hydrogen) atoms. The Balaban J connectivity index is 2.21. The van der Waals surface area contributed by atoms with Crippen LogP contribution < -0.4 is 4.74 Å². The minimum absolute atomic E-state index is 0.276. The maximum Gasteiger partial charge on any atom is 0.122 e. The lowest BCUT2D eigenvalue weighted by molar-refractivity contribution is 0.179. The molecule has 0 radical (unpaired) electrons. The molecule has 2 nitrogen and oxygen atoms in total. The minimum Gasteiger partial charge on any atom is -0.496 e.